The van der Waals surface area contributed by atoms with Crippen LogP contribution in [-0.2, 0) is 6.18 Å². The molecule has 11 heteroatoms. The van der Waals surface area contributed by atoms with Gasteiger partial charge < -0.3 is 19.9 Å². The monoisotopic (exact) mass is 433 g/mol. The molecule has 0 radical (unpaired) electrons. The van der Waals surface area contributed by atoms with Crippen molar-refractivity contribution in [1.82, 2.24) is 24.9 Å². The SMILES string of the molecule is Cc1cn2cc(Nc3n[nH]c4cc(N5CCNCC5)cc(C(F)(F)F)c34)cc(F)c2n1. The van der Waals surface area contributed by atoms with Crippen molar-refractivity contribution in [3.05, 3.63) is 47.7 Å². The second-order valence-electron chi connectivity index (χ2n) is 7.54. The normalized spacial score (nSPS) is 15.2. The van der Waals surface area contributed by atoms with E-state index in [0.29, 0.717) is 37.6 Å². The summed E-state index contributed by atoms with van der Waals surface area (Å²) in [5.41, 5.74) is 0.973. The number of halogens is 4. The van der Waals surface area contributed by atoms with E-state index in [2.05, 4.69) is 25.8 Å². The fourth-order valence-corrected chi connectivity index (χ4v) is 3.95. The van der Waals surface area contributed by atoms with Gasteiger partial charge in [0, 0.05) is 50.3 Å². The highest BCUT2D eigenvalue weighted by Crippen LogP contribution is 2.40. The summed E-state index contributed by atoms with van der Waals surface area (Å²) < 4.78 is 57.8. The molecule has 5 rings (SSSR count). The molecule has 0 unspecified atom stereocenters. The molecular formula is C20H19F4N7. The van der Waals surface area contributed by atoms with E-state index < -0.39 is 17.6 Å². The van der Waals surface area contributed by atoms with Crippen LogP contribution in [0.2, 0.25) is 0 Å². The highest BCUT2D eigenvalue weighted by Gasteiger charge is 2.35. The van der Waals surface area contributed by atoms with Crippen molar-refractivity contribution in [2.75, 3.05) is 36.4 Å². The van der Waals surface area contributed by atoms with Crippen molar-refractivity contribution in [3.63, 3.8) is 0 Å². The van der Waals surface area contributed by atoms with Crippen molar-refractivity contribution in [2.45, 2.75) is 13.1 Å². The molecule has 1 aliphatic heterocycles. The van der Waals surface area contributed by atoms with Crippen molar-refractivity contribution in [1.29, 1.82) is 0 Å². The predicted molar refractivity (Wildman–Crippen MR) is 109 cm³/mol. The number of benzene rings is 1. The maximum atomic E-state index is 14.4. The minimum absolute atomic E-state index is 0.0234. The molecule has 31 heavy (non-hydrogen) atoms. The molecular weight excluding hydrogens is 414 g/mol. The number of pyridine rings is 1. The number of imidazole rings is 1. The summed E-state index contributed by atoms with van der Waals surface area (Å²) in [5, 5.41) is 12.7. The number of alkyl halides is 3. The van der Waals surface area contributed by atoms with Gasteiger partial charge in [-0.1, -0.05) is 0 Å². The molecule has 1 aliphatic rings. The van der Waals surface area contributed by atoms with Crippen LogP contribution in [-0.4, -0.2) is 45.8 Å². The maximum absolute atomic E-state index is 14.4. The summed E-state index contributed by atoms with van der Waals surface area (Å²) in [6.45, 7) is 4.37. The molecule has 0 aliphatic carbocycles. The number of piperazine rings is 1. The van der Waals surface area contributed by atoms with Crippen molar-refractivity contribution < 1.29 is 17.6 Å². The molecule has 1 aromatic carbocycles. The number of anilines is 3. The highest BCUT2D eigenvalue weighted by molar-refractivity contribution is 5.96. The van der Waals surface area contributed by atoms with Gasteiger partial charge in [-0.15, -0.1) is 0 Å². The van der Waals surface area contributed by atoms with Crippen LogP contribution in [0, 0.1) is 12.7 Å². The number of aromatic amines is 1. The number of H-pyrrole nitrogens is 1. The summed E-state index contributed by atoms with van der Waals surface area (Å²) in [4.78, 5) is 5.99. The van der Waals surface area contributed by atoms with Gasteiger partial charge in [-0.25, -0.2) is 9.37 Å². The Bertz CT molecular complexity index is 1270. The van der Waals surface area contributed by atoms with Gasteiger partial charge in [0.05, 0.1) is 27.8 Å². The summed E-state index contributed by atoms with van der Waals surface area (Å²) >= 11 is 0. The topological polar surface area (TPSA) is 73.3 Å². The van der Waals surface area contributed by atoms with Crippen LogP contribution in [0.4, 0.5) is 34.8 Å². The minimum Gasteiger partial charge on any atom is -0.369 e. The van der Waals surface area contributed by atoms with Crippen LogP contribution < -0.4 is 15.5 Å². The third-order valence-electron chi connectivity index (χ3n) is 5.33. The number of nitrogens with zero attached hydrogens (tertiary/aromatic N) is 4. The summed E-state index contributed by atoms with van der Waals surface area (Å²) in [7, 11) is 0. The van der Waals surface area contributed by atoms with Gasteiger partial charge in [-0.05, 0) is 19.1 Å². The number of hydrogen-bond acceptors (Lipinski definition) is 5. The first-order valence-corrected chi connectivity index (χ1v) is 9.76. The molecule has 0 spiro atoms. The van der Waals surface area contributed by atoms with Crippen molar-refractivity contribution in [3.8, 4) is 0 Å². The molecule has 1 fully saturated rings. The standard InChI is InChI=1S/C20H19F4N7/c1-11-9-31-10-12(6-15(21)19(31)26-11)27-18-17-14(20(22,23)24)7-13(8-16(17)28-29-18)30-4-2-25-3-5-30/h6-10,25H,2-5H2,1H3,(H2,27,28,29). The number of hydrogen-bond donors (Lipinski definition) is 3. The van der Waals surface area contributed by atoms with E-state index in [1.807, 2.05) is 4.90 Å². The van der Waals surface area contributed by atoms with Gasteiger partial charge in [0.2, 0.25) is 0 Å². The Morgan fingerprint density at radius 3 is 2.61 bits per heavy atom. The molecule has 0 atom stereocenters. The zero-order valence-electron chi connectivity index (χ0n) is 16.5. The minimum atomic E-state index is -4.58. The van der Waals surface area contributed by atoms with Gasteiger partial charge >= 0.3 is 6.18 Å². The first-order chi connectivity index (χ1) is 14.8. The largest absolute Gasteiger partial charge is 0.417 e. The van der Waals surface area contributed by atoms with E-state index in [1.165, 1.54) is 10.5 Å². The second-order valence-corrected chi connectivity index (χ2v) is 7.54. The van der Waals surface area contributed by atoms with E-state index in [-0.39, 0.29) is 28.1 Å². The lowest BCUT2D eigenvalue weighted by Gasteiger charge is -2.30. The molecule has 0 amide bonds. The molecule has 0 saturated carbocycles. The van der Waals surface area contributed by atoms with Gasteiger partial charge in [0.1, 0.15) is 0 Å². The Morgan fingerprint density at radius 2 is 1.87 bits per heavy atom. The lowest BCUT2D eigenvalue weighted by atomic mass is 10.1. The molecule has 162 valence electrons. The van der Waals surface area contributed by atoms with Crippen LogP contribution in [0.5, 0.6) is 0 Å². The molecule has 0 bridgehead atoms. The summed E-state index contributed by atoms with van der Waals surface area (Å²) in [6, 6.07) is 4.00. The Labute approximate surface area is 174 Å². The Hall–Kier alpha value is -3.34. The third kappa shape index (κ3) is 3.54. The lowest BCUT2D eigenvalue weighted by Crippen LogP contribution is -2.43. The second kappa shape index (κ2) is 7.12. The third-order valence-corrected chi connectivity index (χ3v) is 5.33. The first kappa shape index (κ1) is 19.6. The Balaban J connectivity index is 1.59. The zero-order valence-corrected chi connectivity index (χ0v) is 16.5. The quantitative estimate of drug-likeness (QED) is 0.429. The van der Waals surface area contributed by atoms with E-state index in [4.69, 9.17) is 0 Å². The van der Waals surface area contributed by atoms with E-state index in [1.54, 1.807) is 25.4 Å². The smallest absolute Gasteiger partial charge is 0.369 e. The first-order valence-electron chi connectivity index (χ1n) is 9.76. The average molecular weight is 433 g/mol. The molecule has 3 N–H and O–H groups in total. The fraction of sp³-hybridized carbons (Fsp3) is 0.300. The highest BCUT2D eigenvalue weighted by atomic mass is 19.4. The Kier molecular flexibility index (Phi) is 4.50. The van der Waals surface area contributed by atoms with E-state index in [9.17, 15) is 17.6 Å². The number of aromatic nitrogens is 4. The fourth-order valence-electron chi connectivity index (χ4n) is 3.95. The molecule has 4 aromatic rings. The van der Waals surface area contributed by atoms with Crippen LogP contribution >= 0.6 is 0 Å². The van der Waals surface area contributed by atoms with E-state index in [0.717, 1.165) is 6.07 Å². The van der Waals surface area contributed by atoms with Gasteiger partial charge in [0.15, 0.2) is 17.3 Å². The number of fused-ring (bicyclic) bond motifs is 2. The average Bonchev–Trinajstić information content (AvgIpc) is 3.30. The van der Waals surface area contributed by atoms with E-state index >= 15 is 0 Å². The summed E-state index contributed by atoms with van der Waals surface area (Å²) in [5.74, 6) is -0.611. The van der Waals surface area contributed by atoms with Gasteiger partial charge in [0.25, 0.3) is 0 Å². The van der Waals surface area contributed by atoms with Crippen LogP contribution in [0.3, 0.4) is 0 Å². The lowest BCUT2D eigenvalue weighted by molar-refractivity contribution is -0.136. The molecule has 3 aromatic heterocycles. The van der Waals surface area contributed by atoms with Crippen LogP contribution in [0.25, 0.3) is 16.6 Å². The Morgan fingerprint density at radius 1 is 1.10 bits per heavy atom. The molecule has 7 nitrogen and oxygen atoms in total. The molecule has 4 heterocycles. The van der Waals surface area contributed by atoms with Crippen molar-refractivity contribution in [2.24, 2.45) is 0 Å². The van der Waals surface area contributed by atoms with Crippen LogP contribution in [0.1, 0.15) is 11.3 Å². The zero-order chi connectivity index (χ0) is 21.8. The predicted octanol–water partition coefficient (Wildman–Crippen LogP) is 3.83. The van der Waals surface area contributed by atoms with Gasteiger partial charge in [-0.3, -0.25) is 5.10 Å². The summed E-state index contributed by atoms with van der Waals surface area (Å²) in [6.07, 6.45) is -1.40. The van der Waals surface area contributed by atoms with Gasteiger partial charge in [-0.2, -0.15) is 18.3 Å². The number of aryl methyl sites for hydroxylation is 1. The number of nitrogens with one attached hydrogen (secondary N) is 3. The molecule has 1 saturated heterocycles. The number of rotatable bonds is 3. The van der Waals surface area contributed by atoms with Crippen LogP contribution in [0.15, 0.2) is 30.6 Å². The van der Waals surface area contributed by atoms with Crippen molar-refractivity contribution >= 4 is 33.7 Å². The maximum Gasteiger partial charge on any atom is 0.417 e.